The van der Waals surface area contributed by atoms with E-state index >= 15 is 0 Å². The lowest BCUT2D eigenvalue weighted by molar-refractivity contribution is 0.760. The second-order valence-corrected chi connectivity index (χ2v) is 19.7. The summed E-state index contributed by atoms with van der Waals surface area (Å²) in [5.41, 5.74) is 18.2. The Morgan fingerprint density at radius 2 is 0.797 bits per heavy atom. The van der Waals surface area contributed by atoms with E-state index in [-0.39, 0.29) is 6.04 Å². The topological polar surface area (TPSA) is 6.48 Å². The van der Waals surface area contributed by atoms with Crippen LogP contribution in [0.4, 0.5) is 28.4 Å². The summed E-state index contributed by atoms with van der Waals surface area (Å²) in [7, 11) is 0. The molecular weight excluding hydrogens is 893 g/mol. The van der Waals surface area contributed by atoms with Crippen LogP contribution in [-0.2, 0) is 0 Å². The van der Waals surface area contributed by atoms with Gasteiger partial charge in [-0.1, -0.05) is 206 Å². The number of rotatable bonds is 10. The van der Waals surface area contributed by atoms with Crippen molar-refractivity contribution in [3.05, 3.63) is 290 Å². The maximum atomic E-state index is 2.49. The predicted octanol–water partition coefficient (Wildman–Crippen LogP) is 20.0. The van der Waals surface area contributed by atoms with Gasteiger partial charge in [0.25, 0.3) is 0 Å². The molecule has 1 atom stereocenters. The number of anilines is 5. The Morgan fingerprint density at radius 1 is 0.338 bits per heavy atom. The van der Waals surface area contributed by atoms with E-state index in [0.717, 1.165) is 23.5 Å². The number of fused-ring (bicyclic) bond motifs is 4. The van der Waals surface area contributed by atoms with Crippen molar-refractivity contribution in [3.8, 4) is 33.4 Å². The molecule has 2 nitrogen and oxygen atoms in total. The number of aryl methyl sites for hydroxylation is 1. The summed E-state index contributed by atoms with van der Waals surface area (Å²) in [5, 5.41) is 9.93. The molecule has 0 radical (unpaired) electrons. The zero-order valence-electron chi connectivity index (χ0n) is 41.7. The van der Waals surface area contributed by atoms with Crippen LogP contribution in [0, 0.1) is 6.92 Å². The Balaban J connectivity index is 1.08. The average molecular weight is 947 g/mol. The molecule has 0 amide bonds. The zero-order valence-corrected chi connectivity index (χ0v) is 41.7. The monoisotopic (exact) mass is 946 g/mol. The van der Waals surface area contributed by atoms with Crippen LogP contribution in [0.5, 0.6) is 0 Å². The van der Waals surface area contributed by atoms with Gasteiger partial charge in [0.05, 0.1) is 6.04 Å². The number of hydrogen-bond acceptors (Lipinski definition) is 2. The van der Waals surface area contributed by atoms with Crippen molar-refractivity contribution in [2.45, 2.75) is 26.3 Å². The molecule has 12 aromatic carbocycles. The number of nitrogens with zero attached hydrogens (tertiary/aromatic N) is 2. The van der Waals surface area contributed by atoms with Crippen molar-refractivity contribution in [2.75, 3.05) is 9.80 Å². The number of benzene rings is 12. The van der Waals surface area contributed by atoms with Crippen LogP contribution >= 0.6 is 0 Å². The Bertz CT molecular complexity index is 4030. The second-order valence-electron chi connectivity index (χ2n) is 19.7. The molecule has 12 aromatic rings. The van der Waals surface area contributed by atoms with E-state index in [1.54, 1.807) is 0 Å². The predicted molar refractivity (Wildman–Crippen MR) is 317 cm³/mol. The van der Waals surface area contributed by atoms with Gasteiger partial charge in [-0.3, -0.25) is 0 Å². The first-order valence-electron chi connectivity index (χ1n) is 25.8. The molecule has 1 aliphatic rings. The normalized spacial score (nSPS) is 13.5. The summed E-state index contributed by atoms with van der Waals surface area (Å²) in [5.74, 6) is 0. The third-order valence-electron chi connectivity index (χ3n) is 15.2. The number of hydrogen-bond donors (Lipinski definition) is 0. The second kappa shape index (κ2) is 19.1. The van der Waals surface area contributed by atoms with E-state index in [4.69, 9.17) is 0 Å². The molecule has 1 unspecified atom stereocenters. The molecule has 74 heavy (non-hydrogen) atoms. The summed E-state index contributed by atoms with van der Waals surface area (Å²) < 4.78 is 0. The molecule has 0 saturated heterocycles. The van der Waals surface area contributed by atoms with E-state index in [1.807, 2.05) is 0 Å². The molecule has 352 valence electrons. The largest absolute Gasteiger partial charge is 0.334 e. The summed E-state index contributed by atoms with van der Waals surface area (Å²) >= 11 is 0. The van der Waals surface area contributed by atoms with E-state index in [2.05, 4.69) is 297 Å². The number of allylic oxidation sites excluding steroid dienone is 2. The average Bonchev–Trinajstić information content (AvgIpc) is 3.46. The van der Waals surface area contributed by atoms with Gasteiger partial charge < -0.3 is 9.80 Å². The van der Waals surface area contributed by atoms with Crippen LogP contribution in [0.15, 0.2) is 279 Å². The van der Waals surface area contributed by atoms with Gasteiger partial charge in [0, 0.05) is 28.4 Å². The van der Waals surface area contributed by atoms with Crippen molar-refractivity contribution in [3.63, 3.8) is 0 Å². The Kier molecular flexibility index (Phi) is 11.5. The summed E-state index contributed by atoms with van der Waals surface area (Å²) in [6.45, 7) is 4.65. The van der Waals surface area contributed by atoms with Crippen molar-refractivity contribution in [2.24, 2.45) is 0 Å². The molecule has 0 heterocycles. The highest BCUT2D eigenvalue weighted by Crippen LogP contribution is 2.49. The molecule has 0 bridgehead atoms. The minimum atomic E-state index is 0.122. The van der Waals surface area contributed by atoms with Gasteiger partial charge in [-0.2, -0.15) is 0 Å². The molecule has 0 spiro atoms. The fraction of sp³-hybridized carbons (Fsp3) is 0.0556. The van der Waals surface area contributed by atoms with Crippen LogP contribution in [0.1, 0.15) is 24.5 Å². The third-order valence-corrected chi connectivity index (χ3v) is 15.2. The maximum Gasteiger partial charge on any atom is 0.0562 e. The number of para-hydroxylation sites is 4. The van der Waals surface area contributed by atoms with Crippen LogP contribution in [-0.4, -0.2) is 6.04 Å². The van der Waals surface area contributed by atoms with E-state index in [1.165, 1.54) is 110 Å². The van der Waals surface area contributed by atoms with Gasteiger partial charge >= 0.3 is 0 Å². The SMILES string of the molecule is CC1=C(c2c3cc(-c4cccc5ccccc45)ccc3c(-c3ccc(N(c4ccccc4)c4ccccc4)cc3C)c3cc(-c4cccc5ccccc45)ccc23)C=CC(N(c2ccccc2)c2ccccc2)C1. The first-order valence-corrected chi connectivity index (χ1v) is 25.8. The summed E-state index contributed by atoms with van der Waals surface area (Å²) in [6.07, 6.45) is 5.75. The molecule has 1 aliphatic carbocycles. The Hall–Kier alpha value is -9.24. The van der Waals surface area contributed by atoms with Crippen LogP contribution in [0.2, 0.25) is 0 Å². The van der Waals surface area contributed by atoms with Crippen LogP contribution in [0.25, 0.3) is 82.0 Å². The smallest absolute Gasteiger partial charge is 0.0562 e. The molecule has 13 rings (SSSR count). The summed E-state index contributed by atoms with van der Waals surface area (Å²) in [6, 6.07) is 95.8. The van der Waals surface area contributed by atoms with Gasteiger partial charge in [-0.15, -0.1) is 0 Å². The molecule has 0 N–H and O–H groups in total. The first kappa shape index (κ1) is 44.7. The molecule has 0 aromatic heterocycles. The summed E-state index contributed by atoms with van der Waals surface area (Å²) in [4.78, 5) is 4.86. The fourth-order valence-corrected chi connectivity index (χ4v) is 11.8. The van der Waals surface area contributed by atoms with E-state index < -0.39 is 0 Å². The first-order chi connectivity index (χ1) is 36.6. The minimum absolute atomic E-state index is 0.122. The quantitative estimate of drug-likeness (QED) is 0.126. The Labute approximate surface area is 434 Å². The lowest BCUT2D eigenvalue weighted by atomic mass is 9.80. The zero-order chi connectivity index (χ0) is 49.5. The van der Waals surface area contributed by atoms with Crippen molar-refractivity contribution >= 4 is 77.1 Å². The maximum absolute atomic E-state index is 2.49. The Morgan fingerprint density at radius 3 is 1.31 bits per heavy atom. The highest BCUT2D eigenvalue weighted by atomic mass is 15.2. The van der Waals surface area contributed by atoms with Crippen LogP contribution < -0.4 is 9.80 Å². The highest BCUT2D eigenvalue weighted by Gasteiger charge is 2.27. The van der Waals surface area contributed by atoms with Crippen molar-refractivity contribution < 1.29 is 0 Å². The molecule has 0 aliphatic heterocycles. The molecule has 0 fully saturated rings. The lowest BCUT2D eigenvalue weighted by Crippen LogP contribution is -2.31. The van der Waals surface area contributed by atoms with E-state index in [9.17, 15) is 0 Å². The van der Waals surface area contributed by atoms with Crippen molar-refractivity contribution in [1.82, 2.24) is 0 Å². The van der Waals surface area contributed by atoms with Gasteiger partial charge in [0.2, 0.25) is 0 Å². The van der Waals surface area contributed by atoms with Crippen molar-refractivity contribution in [1.29, 1.82) is 0 Å². The van der Waals surface area contributed by atoms with Crippen LogP contribution in [0.3, 0.4) is 0 Å². The van der Waals surface area contributed by atoms with Gasteiger partial charge in [0.15, 0.2) is 0 Å². The van der Waals surface area contributed by atoms with E-state index in [0.29, 0.717) is 0 Å². The minimum Gasteiger partial charge on any atom is -0.334 e. The van der Waals surface area contributed by atoms with Gasteiger partial charge in [-0.05, 0) is 186 Å². The van der Waals surface area contributed by atoms with Gasteiger partial charge in [-0.25, -0.2) is 0 Å². The highest BCUT2D eigenvalue weighted by molar-refractivity contribution is 6.22. The molecular formula is C72H54N2. The third kappa shape index (κ3) is 8.02. The molecule has 0 saturated carbocycles. The fourth-order valence-electron chi connectivity index (χ4n) is 11.8. The standard InChI is InChI=1S/C72H54N2/c1-49-45-59(73(55-25-7-3-8-26-55)56-27-9-4-10-28-56)39-43-61(49)71-67-41-37-54(66-36-20-24-52-22-16-18-34-64(52)66)48-70(67)72(68-42-38-53(47-69(68)71)65-35-19-23-51-21-15-17-33-63(51)65)62-44-40-60(46-50(62)2)74(57-29-11-5-12-30-57)58-31-13-6-14-32-58/h3-45,47-48,60H,46H2,1-2H3. The lowest BCUT2D eigenvalue weighted by Gasteiger charge is -2.35. The molecule has 2 heteroatoms. The van der Waals surface area contributed by atoms with Gasteiger partial charge in [0.1, 0.15) is 0 Å².